The Bertz CT molecular complexity index is 552. The standard InChI is InChI=1S/C11H9N5O/c12-15-14-10-3-1-9(2-4-10)11(17)7-16-6-5-13-8-16/h1-6,8H,7H2. The molecule has 17 heavy (non-hydrogen) atoms. The average molecular weight is 227 g/mol. The third-order valence-electron chi connectivity index (χ3n) is 2.23. The molecule has 0 N–H and O–H groups in total. The number of carbonyl (C=O) groups excluding carboxylic acids is 1. The van der Waals surface area contributed by atoms with Gasteiger partial charge < -0.3 is 4.57 Å². The number of benzene rings is 1. The van der Waals surface area contributed by atoms with Crippen LogP contribution >= 0.6 is 0 Å². The molecule has 0 unspecified atom stereocenters. The van der Waals surface area contributed by atoms with Crippen LogP contribution in [0.2, 0.25) is 0 Å². The molecule has 6 heteroatoms. The summed E-state index contributed by atoms with van der Waals surface area (Å²) >= 11 is 0. The third kappa shape index (κ3) is 2.70. The number of carbonyl (C=O) groups is 1. The number of imidazole rings is 1. The topological polar surface area (TPSA) is 83.7 Å². The Morgan fingerprint density at radius 3 is 2.76 bits per heavy atom. The minimum atomic E-state index is -0.0181. The average Bonchev–Trinajstić information content (AvgIpc) is 2.83. The van der Waals surface area contributed by atoms with Gasteiger partial charge in [-0.25, -0.2) is 4.98 Å². The van der Waals surface area contributed by atoms with Crippen molar-refractivity contribution >= 4 is 11.5 Å². The van der Waals surface area contributed by atoms with Crippen LogP contribution in [0.25, 0.3) is 10.4 Å². The molecule has 1 aromatic carbocycles. The van der Waals surface area contributed by atoms with E-state index in [1.807, 2.05) is 0 Å². The van der Waals surface area contributed by atoms with Gasteiger partial charge in [-0.15, -0.1) is 0 Å². The van der Waals surface area contributed by atoms with E-state index in [1.54, 1.807) is 47.6 Å². The summed E-state index contributed by atoms with van der Waals surface area (Å²) in [4.78, 5) is 18.4. The summed E-state index contributed by atoms with van der Waals surface area (Å²) in [7, 11) is 0. The number of rotatable bonds is 4. The zero-order valence-electron chi connectivity index (χ0n) is 8.89. The van der Waals surface area contributed by atoms with Crippen LogP contribution in [-0.4, -0.2) is 15.3 Å². The largest absolute Gasteiger partial charge is 0.330 e. The molecular formula is C11H9N5O. The second-order valence-corrected chi connectivity index (χ2v) is 3.39. The molecule has 2 aromatic rings. The van der Waals surface area contributed by atoms with Gasteiger partial charge >= 0.3 is 0 Å². The Balaban J connectivity index is 2.12. The molecular weight excluding hydrogens is 218 g/mol. The fraction of sp³-hybridized carbons (Fsp3) is 0.0909. The van der Waals surface area contributed by atoms with E-state index in [9.17, 15) is 4.79 Å². The monoisotopic (exact) mass is 227 g/mol. The maximum Gasteiger partial charge on any atom is 0.182 e. The van der Waals surface area contributed by atoms with Gasteiger partial charge in [-0.3, -0.25) is 4.79 Å². The summed E-state index contributed by atoms with van der Waals surface area (Å²) in [5, 5.41) is 3.44. The van der Waals surface area contributed by atoms with Crippen LogP contribution in [0, 0.1) is 0 Å². The molecule has 0 radical (unpaired) electrons. The highest BCUT2D eigenvalue weighted by Crippen LogP contribution is 2.13. The van der Waals surface area contributed by atoms with Gasteiger partial charge in [0, 0.05) is 28.6 Å². The van der Waals surface area contributed by atoms with E-state index in [0.29, 0.717) is 11.3 Å². The molecule has 0 aliphatic rings. The van der Waals surface area contributed by atoms with Gasteiger partial charge in [0.15, 0.2) is 5.78 Å². The van der Waals surface area contributed by atoms with E-state index < -0.39 is 0 Å². The Hall–Kier alpha value is -2.59. The quantitative estimate of drug-likeness (QED) is 0.348. The van der Waals surface area contributed by atoms with Gasteiger partial charge in [0.1, 0.15) is 0 Å². The second kappa shape index (κ2) is 4.96. The van der Waals surface area contributed by atoms with Crippen molar-refractivity contribution in [3.05, 3.63) is 59.0 Å². The van der Waals surface area contributed by atoms with Crippen LogP contribution in [0.4, 0.5) is 5.69 Å². The van der Waals surface area contributed by atoms with Gasteiger partial charge in [-0.05, 0) is 5.53 Å². The second-order valence-electron chi connectivity index (χ2n) is 3.39. The van der Waals surface area contributed by atoms with Crippen LogP contribution in [0.3, 0.4) is 0 Å². The molecule has 0 atom stereocenters. The van der Waals surface area contributed by atoms with E-state index in [0.717, 1.165) is 0 Å². The third-order valence-corrected chi connectivity index (χ3v) is 2.23. The Kier molecular flexibility index (Phi) is 3.18. The lowest BCUT2D eigenvalue weighted by Crippen LogP contribution is -2.08. The van der Waals surface area contributed by atoms with Crippen molar-refractivity contribution in [3.8, 4) is 0 Å². The SMILES string of the molecule is [N-]=[N+]=Nc1ccc(C(=O)Cn2ccnc2)cc1. The first-order chi connectivity index (χ1) is 8.29. The predicted molar refractivity (Wildman–Crippen MR) is 61.8 cm³/mol. The van der Waals surface area contributed by atoms with E-state index in [2.05, 4.69) is 15.0 Å². The van der Waals surface area contributed by atoms with Gasteiger partial charge in [0.05, 0.1) is 12.9 Å². The highest BCUT2D eigenvalue weighted by Gasteiger charge is 2.05. The molecule has 6 nitrogen and oxygen atoms in total. The Morgan fingerprint density at radius 2 is 2.18 bits per heavy atom. The minimum Gasteiger partial charge on any atom is -0.330 e. The summed E-state index contributed by atoms with van der Waals surface area (Å²) in [6.45, 7) is 0.251. The van der Waals surface area contributed by atoms with Gasteiger partial charge in [0.25, 0.3) is 0 Å². The van der Waals surface area contributed by atoms with Crippen molar-refractivity contribution in [3.63, 3.8) is 0 Å². The van der Waals surface area contributed by atoms with Crippen molar-refractivity contribution in [1.29, 1.82) is 0 Å². The first-order valence-electron chi connectivity index (χ1n) is 4.94. The van der Waals surface area contributed by atoms with E-state index in [1.165, 1.54) is 0 Å². The van der Waals surface area contributed by atoms with E-state index >= 15 is 0 Å². The van der Waals surface area contributed by atoms with Crippen molar-refractivity contribution in [2.24, 2.45) is 5.11 Å². The van der Waals surface area contributed by atoms with Crippen LogP contribution in [-0.2, 0) is 6.54 Å². The van der Waals surface area contributed by atoms with Crippen LogP contribution in [0.15, 0.2) is 48.1 Å². The molecule has 0 saturated heterocycles. The van der Waals surface area contributed by atoms with E-state index in [-0.39, 0.29) is 12.3 Å². The number of Topliss-reactive ketones (excluding diaryl/α,β-unsaturated/α-hetero) is 1. The fourth-order valence-electron chi connectivity index (χ4n) is 1.40. The molecule has 2 rings (SSSR count). The Labute approximate surface area is 97.2 Å². The first kappa shape index (κ1) is 10.9. The lowest BCUT2D eigenvalue weighted by atomic mass is 10.1. The first-order valence-corrected chi connectivity index (χ1v) is 4.94. The number of nitrogens with zero attached hydrogens (tertiary/aromatic N) is 5. The Morgan fingerprint density at radius 1 is 1.41 bits per heavy atom. The molecule has 1 heterocycles. The minimum absolute atomic E-state index is 0.0181. The van der Waals surface area contributed by atoms with Gasteiger partial charge in [-0.2, -0.15) is 0 Å². The molecule has 0 fully saturated rings. The molecule has 1 aromatic heterocycles. The summed E-state index contributed by atoms with van der Waals surface area (Å²) in [6, 6.07) is 6.51. The summed E-state index contributed by atoms with van der Waals surface area (Å²) in [5.74, 6) is -0.0181. The maximum atomic E-state index is 11.8. The van der Waals surface area contributed by atoms with Gasteiger partial charge in [-0.1, -0.05) is 29.4 Å². The molecule has 0 amide bonds. The number of hydrogen-bond acceptors (Lipinski definition) is 3. The number of aromatic nitrogens is 2. The predicted octanol–water partition coefficient (Wildman–Crippen LogP) is 2.71. The molecule has 0 aliphatic heterocycles. The highest BCUT2D eigenvalue weighted by atomic mass is 16.1. The fourth-order valence-corrected chi connectivity index (χ4v) is 1.40. The molecule has 84 valence electrons. The lowest BCUT2D eigenvalue weighted by Gasteiger charge is -2.02. The smallest absolute Gasteiger partial charge is 0.182 e. The number of azide groups is 1. The molecule has 0 saturated carbocycles. The lowest BCUT2D eigenvalue weighted by molar-refractivity contribution is 0.0972. The summed E-state index contributed by atoms with van der Waals surface area (Å²) < 4.78 is 1.70. The highest BCUT2D eigenvalue weighted by molar-refractivity contribution is 5.96. The number of hydrogen-bond donors (Lipinski definition) is 0. The van der Waals surface area contributed by atoms with Crippen molar-refractivity contribution < 1.29 is 4.79 Å². The molecule has 0 spiro atoms. The zero-order valence-corrected chi connectivity index (χ0v) is 8.89. The van der Waals surface area contributed by atoms with Crippen LogP contribution < -0.4 is 0 Å². The number of ketones is 1. The molecule has 0 aliphatic carbocycles. The normalized spacial score (nSPS) is 9.65. The van der Waals surface area contributed by atoms with Crippen LogP contribution in [0.1, 0.15) is 10.4 Å². The maximum absolute atomic E-state index is 11.8. The van der Waals surface area contributed by atoms with Crippen molar-refractivity contribution in [2.45, 2.75) is 6.54 Å². The van der Waals surface area contributed by atoms with Gasteiger partial charge in [0.2, 0.25) is 0 Å². The van der Waals surface area contributed by atoms with Crippen molar-refractivity contribution in [1.82, 2.24) is 9.55 Å². The van der Waals surface area contributed by atoms with E-state index in [4.69, 9.17) is 5.53 Å². The van der Waals surface area contributed by atoms with Crippen molar-refractivity contribution in [2.75, 3.05) is 0 Å². The summed E-state index contributed by atoms with van der Waals surface area (Å²) in [5.41, 5.74) is 9.32. The summed E-state index contributed by atoms with van der Waals surface area (Å²) in [6.07, 6.45) is 4.94. The zero-order chi connectivity index (χ0) is 12.1. The van der Waals surface area contributed by atoms with Crippen LogP contribution in [0.5, 0.6) is 0 Å². The molecule has 0 bridgehead atoms.